The van der Waals surface area contributed by atoms with Crippen LogP contribution in [0.5, 0.6) is 5.75 Å². The molecular weight excluding hydrogens is 310 g/mol. The van der Waals surface area contributed by atoms with Crippen LogP contribution in [0.1, 0.15) is 28.0 Å². The Morgan fingerprint density at radius 1 is 1.26 bits per heavy atom. The SMILES string of the molecule is O=C1C(=Cc2csc(-c3ccco3)n2)CCc2cc(O)ccc21. The van der Waals surface area contributed by atoms with Crippen molar-refractivity contribution in [2.45, 2.75) is 12.8 Å². The van der Waals surface area contributed by atoms with Crippen molar-refractivity contribution in [1.29, 1.82) is 0 Å². The van der Waals surface area contributed by atoms with Gasteiger partial charge < -0.3 is 9.52 Å². The molecule has 0 bridgehead atoms. The second-order valence-corrected chi connectivity index (χ2v) is 6.25. The van der Waals surface area contributed by atoms with Gasteiger partial charge in [0, 0.05) is 16.5 Å². The molecule has 4 nitrogen and oxygen atoms in total. The Balaban J connectivity index is 1.65. The van der Waals surface area contributed by atoms with Crippen LogP contribution in [0.2, 0.25) is 0 Å². The average Bonchev–Trinajstić information content (AvgIpc) is 3.21. The van der Waals surface area contributed by atoms with Crippen LogP contribution >= 0.6 is 11.3 Å². The maximum absolute atomic E-state index is 12.6. The summed E-state index contributed by atoms with van der Waals surface area (Å²) in [5.74, 6) is 0.945. The number of hydrogen-bond acceptors (Lipinski definition) is 5. The molecule has 4 rings (SSSR count). The zero-order chi connectivity index (χ0) is 15.8. The molecule has 5 heteroatoms. The number of phenolic OH excluding ortho intramolecular Hbond substituents is 1. The van der Waals surface area contributed by atoms with Gasteiger partial charge in [-0.1, -0.05) is 0 Å². The van der Waals surface area contributed by atoms with Crippen LogP contribution in [0.4, 0.5) is 0 Å². The first-order valence-electron chi connectivity index (χ1n) is 7.27. The Kier molecular flexibility index (Phi) is 3.35. The van der Waals surface area contributed by atoms with E-state index < -0.39 is 0 Å². The van der Waals surface area contributed by atoms with Crippen molar-refractivity contribution in [3.05, 3.63) is 64.4 Å². The van der Waals surface area contributed by atoms with Gasteiger partial charge in [-0.15, -0.1) is 11.3 Å². The van der Waals surface area contributed by atoms with Gasteiger partial charge in [-0.25, -0.2) is 4.98 Å². The van der Waals surface area contributed by atoms with E-state index in [4.69, 9.17) is 4.42 Å². The number of aryl methyl sites for hydroxylation is 1. The van der Waals surface area contributed by atoms with Gasteiger partial charge >= 0.3 is 0 Å². The molecule has 2 heterocycles. The summed E-state index contributed by atoms with van der Waals surface area (Å²) in [6.45, 7) is 0. The van der Waals surface area contributed by atoms with E-state index in [2.05, 4.69) is 4.98 Å². The zero-order valence-electron chi connectivity index (χ0n) is 12.2. The van der Waals surface area contributed by atoms with E-state index in [9.17, 15) is 9.90 Å². The molecule has 1 N–H and O–H groups in total. The second kappa shape index (κ2) is 5.52. The summed E-state index contributed by atoms with van der Waals surface area (Å²) in [5, 5.41) is 12.2. The topological polar surface area (TPSA) is 63.3 Å². The number of hydrogen-bond donors (Lipinski definition) is 1. The third-order valence-corrected chi connectivity index (χ3v) is 4.74. The highest BCUT2D eigenvalue weighted by atomic mass is 32.1. The molecule has 2 aromatic heterocycles. The number of rotatable bonds is 2. The summed E-state index contributed by atoms with van der Waals surface area (Å²) in [5.41, 5.74) is 3.09. The Bertz CT molecular complexity index is 906. The van der Waals surface area contributed by atoms with E-state index in [1.807, 2.05) is 23.6 Å². The number of furan rings is 1. The van der Waals surface area contributed by atoms with Crippen molar-refractivity contribution in [2.75, 3.05) is 0 Å². The summed E-state index contributed by atoms with van der Waals surface area (Å²) in [4.78, 5) is 17.1. The van der Waals surface area contributed by atoms with E-state index >= 15 is 0 Å². The van der Waals surface area contributed by atoms with Crippen LogP contribution < -0.4 is 0 Å². The molecule has 114 valence electrons. The molecule has 0 fully saturated rings. The number of thiazole rings is 1. The number of benzene rings is 1. The molecule has 1 aliphatic carbocycles. The predicted molar refractivity (Wildman–Crippen MR) is 88.6 cm³/mol. The van der Waals surface area contributed by atoms with Crippen molar-refractivity contribution in [3.8, 4) is 16.5 Å². The van der Waals surface area contributed by atoms with Crippen LogP contribution in [0.3, 0.4) is 0 Å². The molecule has 0 radical (unpaired) electrons. The lowest BCUT2D eigenvalue weighted by Gasteiger charge is -2.17. The molecule has 0 atom stereocenters. The number of carbonyl (C=O) groups is 1. The molecule has 23 heavy (non-hydrogen) atoms. The van der Waals surface area contributed by atoms with E-state index in [1.54, 1.807) is 24.5 Å². The molecule has 0 saturated carbocycles. The Labute approximate surface area is 136 Å². The maximum Gasteiger partial charge on any atom is 0.189 e. The second-order valence-electron chi connectivity index (χ2n) is 5.39. The fraction of sp³-hybridized carbons (Fsp3) is 0.111. The molecule has 0 spiro atoms. The van der Waals surface area contributed by atoms with Crippen molar-refractivity contribution in [2.24, 2.45) is 0 Å². The molecule has 0 saturated heterocycles. The fourth-order valence-electron chi connectivity index (χ4n) is 2.75. The van der Waals surface area contributed by atoms with Gasteiger partial charge in [-0.05, 0) is 54.8 Å². The number of phenols is 1. The third-order valence-electron chi connectivity index (χ3n) is 3.86. The number of fused-ring (bicyclic) bond motifs is 1. The molecule has 0 unspecified atom stereocenters. The van der Waals surface area contributed by atoms with Gasteiger partial charge in [0.05, 0.1) is 12.0 Å². The number of aromatic nitrogens is 1. The first-order valence-corrected chi connectivity index (χ1v) is 8.15. The van der Waals surface area contributed by atoms with Crippen LogP contribution in [-0.4, -0.2) is 15.9 Å². The van der Waals surface area contributed by atoms with Gasteiger partial charge in [0.25, 0.3) is 0 Å². The number of Topliss-reactive ketones (excluding diaryl/α,β-unsaturated/α-hetero) is 1. The molecule has 1 aliphatic rings. The minimum Gasteiger partial charge on any atom is -0.508 e. The quantitative estimate of drug-likeness (QED) is 0.713. The number of ketones is 1. The number of carbonyl (C=O) groups excluding carboxylic acids is 1. The summed E-state index contributed by atoms with van der Waals surface area (Å²) in [7, 11) is 0. The molecular formula is C18H13NO3S. The number of aromatic hydroxyl groups is 1. The van der Waals surface area contributed by atoms with E-state index in [0.29, 0.717) is 12.0 Å². The zero-order valence-corrected chi connectivity index (χ0v) is 13.0. The van der Waals surface area contributed by atoms with E-state index in [-0.39, 0.29) is 11.5 Å². The normalized spacial score (nSPS) is 15.8. The smallest absolute Gasteiger partial charge is 0.189 e. The van der Waals surface area contributed by atoms with Gasteiger partial charge in [-0.3, -0.25) is 4.79 Å². The predicted octanol–water partition coefficient (Wildman–Crippen LogP) is 4.32. The largest absolute Gasteiger partial charge is 0.508 e. The van der Waals surface area contributed by atoms with Crippen molar-refractivity contribution >= 4 is 23.2 Å². The Hall–Kier alpha value is -2.66. The minimum atomic E-state index is 0.0128. The van der Waals surface area contributed by atoms with E-state index in [0.717, 1.165) is 34.0 Å². The van der Waals surface area contributed by atoms with Gasteiger partial charge in [-0.2, -0.15) is 0 Å². The highest BCUT2D eigenvalue weighted by Gasteiger charge is 2.22. The van der Waals surface area contributed by atoms with Crippen molar-refractivity contribution in [3.63, 3.8) is 0 Å². The first kappa shape index (κ1) is 14.0. The maximum atomic E-state index is 12.6. The van der Waals surface area contributed by atoms with E-state index in [1.165, 1.54) is 11.3 Å². The molecule has 0 aliphatic heterocycles. The lowest BCUT2D eigenvalue weighted by atomic mass is 9.86. The van der Waals surface area contributed by atoms with Crippen molar-refractivity contribution in [1.82, 2.24) is 4.98 Å². The minimum absolute atomic E-state index is 0.0128. The summed E-state index contributed by atoms with van der Waals surface area (Å²) in [6.07, 6.45) is 4.87. The van der Waals surface area contributed by atoms with Crippen LogP contribution in [0, 0.1) is 0 Å². The molecule has 1 aromatic carbocycles. The standard InChI is InChI=1S/C18H13NO3S/c20-14-5-6-15-11(9-14)3-4-12(17(15)21)8-13-10-23-18(19-13)16-2-1-7-22-16/h1-2,5-10,20H,3-4H2. The van der Waals surface area contributed by atoms with Crippen LogP contribution in [-0.2, 0) is 6.42 Å². The third kappa shape index (κ3) is 2.59. The number of allylic oxidation sites excluding steroid dienone is 1. The number of nitrogens with zero attached hydrogens (tertiary/aromatic N) is 1. The molecule has 0 amide bonds. The monoisotopic (exact) mass is 323 g/mol. The first-order chi connectivity index (χ1) is 11.2. The van der Waals surface area contributed by atoms with Gasteiger partial charge in [0.2, 0.25) is 0 Å². The summed E-state index contributed by atoms with van der Waals surface area (Å²) in [6, 6.07) is 8.60. The highest BCUT2D eigenvalue weighted by molar-refractivity contribution is 7.13. The summed E-state index contributed by atoms with van der Waals surface area (Å²) >= 11 is 1.49. The van der Waals surface area contributed by atoms with Crippen molar-refractivity contribution < 1.29 is 14.3 Å². The van der Waals surface area contributed by atoms with Gasteiger partial charge in [0.15, 0.2) is 16.6 Å². The Morgan fingerprint density at radius 3 is 3.00 bits per heavy atom. The summed E-state index contributed by atoms with van der Waals surface area (Å²) < 4.78 is 5.34. The highest BCUT2D eigenvalue weighted by Crippen LogP contribution is 2.30. The van der Waals surface area contributed by atoms with Crippen LogP contribution in [0.25, 0.3) is 16.8 Å². The van der Waals surface area contributed by atoms with Crippen LogP contribution in [0.15, 0.2) is 52.0 Å². The average molecular weight is 323 g/mol. The molecule has 3 aromatic rings. The Morgan fingerprint density at radius 2 is 2.17 bits per heavy atom. The lowest BCUT2D eigenvalue weighted by Crippen LogP contribution is -2.13. The lowest BCUT2D eigenvalue weighted by molar-refractivity contribution is 0.102. The van der Waals surface area contributed by atoms with Gasteiger partial charge in [0.1, 0.15) is 5.75 Å². The fourth-order valence-corrected chi connectivity index (χ4v) is 3.49.